The summed E-state index contributed by atoms with van der Waals surface area (Å²) in [7, 11) is 0. The van der Waals surface area contributed by atoms with Gasteiger partial charge in [-0.05, 0) is 31.2 Å². The Morgan fingerprint density at radius 1 is 1.13 bits per heavy atom. The lowest BCUT2D eigenvalue weighted by Gasteiger charge is -2.34. The number of morpholine rings is 1. The van der Waals surface area contributed by atoms with Crippen LogP contribution >= 0.6 is 0 Å². The molecule has 1 aromatic carbocycles. The van der Waals surface area contributed by atoms with Crippen LogP contribution in [0.15, 0.2) is 53.7 Å². The molecule has 1 atom stereocenters. The summed E-state index contributed by atoms with van der Waals surface area (Å²) in [6.07, 6.45) is 6.80. The number of benzene rings is 1. The van der Waals surface area contributed by atoms with Crippen molar-refractivity contribution in [2.24, 2.45) is 4.99 Å². The van der Waals surface area contributed by atoms with E-state index >= 15 is 0 Å². The molecule has 9 nitrogen and oxygen atoms in total. The smallest absolute Gasteiger partial charge is 0.252 e. The van der Waals surface area contributed by atoms with Gasteiger partial charge < -0.3 is 15.4 Å². The van der Waals surface area contributed by atoms with Gasteiger partial charge >= 0.3 is 0 Å². The first-order chi connectivity index (χ1) is 14.9. The molecule has 1 fully saturated rings. The number of aliphatic imine (C=N–C) groups is 1. The molecule has 3 aliphatic rings. The van der Waals surface area contributed by atoms with Crippen molar-refractivity contribution in [3.05, 3.63) is 48.7 Å². The van der Waals surface area contributed by atoms with E-state index in [1.54, 1.807) is 55.6 Å². The van der Waals surface area contributed by atoms with Crippen LogP contribution in [0.25, 0.3) is 0 Å². The van der Waals surface area contributed by atoms with Gasteiger partial charge in [-0.3, -0.25) is 29.2 Å². The van der Waals surface area contributed by atoms with E-state index in [-0.39, 0.29) is 24.8 Å². The Morgan fingerprint density at radius 2 is 1.84 bits per heavy atom. The van der Waals surface area contributed by atoms with Gasteiger partial charge in [0.25, 0.3) is 5.91 Å². The van der Waals surface area contributed by atoms with E-state index in [1.165, 1.54) is 4.90 Å². The molecule has 31 heavy (non-hydrogen) atoms. The van der Waals surface area contributed by atoms with Crippen molar-refractivity contribution in [1.82, 2.24) is 9.80 Å². The van der Waals surface area contributed by atoms with Crippen LogP contribution in [0.4, 0.5) is 11.4 Å². The molecule has 2 N–H and O–H groups in total. The number of nitrogens with one attached hydrogen (secondary N) is 2. The summed E-state index contributed by atoms with van der Waals surface area (Å²) in [6, 6.07) is 6.98. The molecule has 1 unspecified atom stereocenters. The van der Waals surface area contributed by atoms with Crippen molar-refractivity contribution in [3.8, 4) is 0 Å². The summed E-state index contributed by atoms with van der Waals surface area (Å²) < 4.78 is 5.30. The second-order valence-electron chi connectivity index (χ2n) is 7.82. The lowest BCUT2D eigenvalue weighted by Crippen LogP contribution is -2.50. The standard InChI is InChI=1S/C22H25N5O4/c1-22(14-20(29)27-9-5-4-8-18(27)25-22)21(30)24-17-7-3-2-6-16(17)23-19(28)15-26-10-12-31-13-11-26/h2-9H,10-15H2,1H3,(H,23,28)(H,24,30). The van der Waals surface area contributed by atoms with Gasteiger partial charge in [-0.2, -0.15) is 0 Å². The Hall–Kier alpha value is -3.30. The SMILES string of the molecule is CC1(C(=O)Nc2ccccc2NC(=O)CN2CCOCC2)CC(=O)N2C=CC=CC2=N1. The minimum Gasteiger partial charge on any atom is -0.379 e. The molecular weight excluding hydrogens is 398 g/mol. The molecule has 9 heteroatoms. The van der Waals surface area contributed by atoms with Gasteiger partial charge in [-0.25, -0.2) is 0 Å². The number of amides is 3. The third-order valence-corrected chi connectivity index (χ3v) is 5.37. The number of allylic oxidation sites excluding steroid dienone is 2. The average Bonchev–Trinajstić information content (AvgIpc) is 2.75. The number of para-hydroxylation sites is 2. The highest BCUT2D eigenvalue weighted by atomic mass is 16.5. The van der Waals surface area contributed by atoms with Crippen LogP contribution in [0, 0.1) is 0 Å². The maximum atomic E-state index is 13.1. The number of nitrogens with zero attached hydrogens (tertiary/aromatic N) is 3. The number of hydrogen-bond donors (Lipinski definition) is 2. The van der Waals surface area contributed by atoms with Gasteiger partial charge in [-0.1, -0.05) is 18.2 Å². The first-order valence-electron chi connectivity index (χ1n) is 10.2. The number of hydrogen-bond acceptors (Lipinski definition) is 6. The van der Waals surface area contributed by atoms with Gasteiger partial charge in [0.1, 0.15) is 11.4 Å². The molecule has 3 aliphatic heterocycles. The van der Waals surface area contributed by atoms with Gasteiger partial charge in [0.05, 0.1) is 37.6 Å². The minimum atomic E-state index is -1.25. The summed E-state index contributed by atoms with van der Waals surface area (Å²) in [5, 5.41) is 5.70. The van der Waals surface area contributed by atoms with Crippen LogP contribution in [0.2, 0.25) is 0 Å². The summed E-state index contributed by atoms with van der Waals surface area (Å²) in [6.45, 7) is 4.53. The number of anilines is 2. The Morgan fingerprint density at radius 3 is 2.58 bits per heavy atom. The zero-order chi connectivity index (χ0) is 21.8. The van der Waals surface area contributed by atoms with Crippen LogP contribution in [0.1, 0.15) is 13.3 Å². The predicted molar refractivity (Wildman–Crippen MR) is 117 cm³/mol. The van der Waals surface area contributed by atoms with Crippen LogP contribution in [0.5, 0.6) is 0 Å². The van der Waals surface area contributed by atoms with E-state index in [1.807, 2.05) is 4.90 Å². The van der Waals surface area contributed by atoms with Crippen molar-refractivity contribution < 1.29 is 19.1 Å². The normalized spacial score (nSPS) is 23.2. The van der Waals surface area contributed by atoms with Gasteiger partial charge in [0.15, 0.2) is 0 Å². The fourth-order valence-electron chi connectivity index (χ4n) is 3.65. The molecule has 0 aromatic heterocycles. The minimum absolute atomic E-state index is 0.0495. The fourth-order valence-corrected chi connectivity index (χ4v) is 3.65. The van der Waals surface area contributed by atoms with Gasteiger partial charge in [0, 0.05) is 19.3 Å². The van der Waals surface area contributed by atoms with Gasteiger partial charge in [-0.15, -0.1) is 0 Å². The van der Waals surface area contributed by atoms with Crippen LogP contribution in [-0.4, -0.2) is 71.7 Å². The highest BCUT2D eigenvalue weighted by Crippen LogP contribution is 2.28. The van der Waals surface area contributed by atoms with E-state index in [2.05, 4.69) is 15.6 Å². The quantitative estimate of drug-likeness (QED) is 0.745. The lowest BCUT2D eigenvalue weighted by atomic mass is 9.94. The molecule has 1 saturated heterocycles. The molecule has 0 bridgehead atoms. The molecule has 0 saturated carbocycles. The van der Waals surface area contributed by atoms with E-state index < -0.39 is 11.4 Å². The molecule has 1 aromatic rings. The summed E-state index contributed by atoms with van der Waals surface area (Å²) >= 11 is 0. The first kappa shape index (κ1) is 21.0. The molecule has 0 aliphatic carbocycles. The van der Waals surface area contributed by atoms with Crippen molar-refractivity contribution in [1.29, 1.82) is 0 Å². The highest BCUT2D eigenvalue weighted by molar-refractivity contribution is 6.13. The topological polar surface area (TPSA) is 103 Å². The van der Waals surface area contributed by atoms with E-state index in [4.69, 9.17) is 4.74 Å². The lowest BCUT2D eigenvalue weighted by molar-refractivity contribution is -0.132. The molecule has 4 rings (SSSR count). The highest BCUT2D eigenvalue weighted by Gasteiger charge is 2.42. The number of amidine groups is 1. The summed E-state index contributed by atoms with van der Waals surface area (Å²) in [4.78, 5) is 46.1. The number of carbonyl (C=O) groups is 3. The monoisotopic (exact) mass is 423 g/mol. The van der Waals surface area contributed by atoms with Crippen molar-refractivity contribution in [2.45, 2.75) is 18.9 Å². The zero-order valence-electron chi connectivity index (χ0n) is 17.3. The molecule has 3 amide bonds. The third kappa shape index (κ3) is 4.73. The second-order valence-corrected chi connectivity index (χ2v) is 7.82. The number of rotatable bonds is 5. The number of carbonyl (C=O) groups excluding carboxylic acids is 3. The van der Waals surface area contributed by atoms with E-state index in [9.17, 15) is 14.4 Å². The summed E-state index contributed by atoms with van der Waals surface area (Å²) in [5.74, 6) is -0.345. The van der Waals surface area contributed by atoms with Crippen molar-refractivity contribution in [3.63, 3.8) is 0 Å². The van der Waals surface area contributed by atoms with Crippen LogP contribution < -0.4 is 10.6 Å². The molecule has 162 valence electrons. The second kappa shape index (κ2) is 8.83. The molecule has 3 heterocycles. The molecular formula is C22H25N5O4. The van der Waals surface area contributed by atoms with Crippen LogP contribution in [0.3, 0.4) is 0 Å². The number of fused-ring (bicyclic) bond motifs is 1. The van der Waals surface area contributed by atoms with Crippen LogP contribution in [-0.2, 0) is 19.1 Å². The van der Waals surface area contributed by atoms with E-state index in [0.29, 0.717) is 43.5 Å². The largest absolute Gasteiger partial charge is 0.379 e. The Labute approximate surface area is 180 Å². The van der Waals surface area contributed by atoms with Crippen molar-refractivity contribution in [2.75, 3.05) is 43.5 Å². The molecule has 0 radical (unpaired) electrons. The third-order valence-electron chi connectivity index (χ3n) is 5.37. The maximum absolute atomic E-state index is 13.1. The Bertz CT molecular complexity index is 980. The fraction of sp³-hybridized carbons (Fsp3) is 0.364. The molecule has 0 spiro atoms. The first-order valence-corrected chi connectivity index (χ1v) is 10.2. The number of ether oxygens (including phenoxy) is 1. The summed E-state index contributed by atoms with van der Waals surface area (Å²) in [5.41, 5.74) is -0.295. The van der Waals surface area contributed by atoms with Gasteiger partial charge in [0.2, 0.25) is 11.8 Å². The zero-order valence-corrected chi connectivity index (χ0v) is 17.3. The maximum Gasteiger partial charge on any atom is 0.252 e. The van der Waals surface area contributed by atoms with E-state index in [0.717, 1.165) is 0 Å². The van der Waals surface area contributed by atoms with Crippen molar-refractivity contribution >= 4 is 34.9 Å². The Balaban J connectivity index is 1.46. The predicted octanol–water partition coefficient (Wildman–Crippen LogP) is 1.37. The Kier molecular flexibility index (Phi) is 5.97. The average molecular weight is 423 g/mol.